The Labute approximate surface area is 393 Å². The second-order valence-electron chi connectivity index (χ2n) is 17.1. The number of anilines is 1. The summed E-state index contributed by atoms with van der Waals surface area (Å²) in [5.41, 5.74) is 4.25. The lowest BCUT2D eigenvalue weighted by molar-refractivity contribution is -0.438. The lowest BCUT2D eigenvalue weighted by Gasteiger charge is -2.30. The van der Waals surface area contributed by atoms with Crippen molar-refractivity contribution >= 4 is 65.0 Å². The molecule has 364 valence electrons. The number of halogens is 1. The molecule has 0 saturated carbocycles. The number of unbranched alkanes of at least 4 members (excludes halogenated alkanes) is 2. The summed E-state index contributed by atoms with van der Waals surface area (Å²) in [5.74, 6) is -1.37. The van der Waals surface area contributed by atoms with Gasteiger partial charge in [0.15, 0.2) is 5.71 Å². The Balaban J connectivity index is 1.55. The van der Waals surface area contributed by atoms with Gasteiger partial charge in [0.05, 0.1) is 47.4 Å². The quantitative estimate of drug-likeness (QED) is 0.0423. The monoisotopic (exact) mass is 997 g/mol. The molecule has 0 spiro atoms. The minimum absolute atomic E-state index is 0.0415. The molecule has 0 saturated heterocycles. The molecule has 20 heteroatoms. The Morgan fingerprint density at radius 3 is 2.09 bits per heavy atom. The van der Waals surface area contributed by atoms with Gasteiger partial charge in [-0.2, -0.15) is 29.8 Å². The van der Waals surface area contributed by atoms with Gasteiger partial charge in [0.25, 0.3) is 30.4 Å². The summed E-state index contributed by atoms with van der Waals surface area (Å²) in [4.78, 5) is 12.7. The molecular weight excluding hydrogens is 936 g/mol. The number of hydrogen-bond donors (Lipinski definition) is 4. The third kappa shape index (κ3) is 13.1. The van der Waals surface area contributed by atoms with E-state index >= 15 is 0 Å². The average molecular weight is 999 g/mol. The standard InChI is InChI=1S/C46H61ClN2O14S3/c1-5-48-39-18-16-35(65(55,56)57)31-37(39)45(2,22-10-30-64(52,53)54)41(48)20-14-33-11-9-12-34(44(33)47)15-21-42-46(3,23-25-62-28-29-63-27-26-61-4)38-32-36(66(58,59)60)17-19-40(38)49(42)24-8-6-7-13-43(50)51/h14-21,31-32H,5-13,22-30H2,1-4H3,(H3-,50,51,52,53,54,55,56,57,58,59,60)/p+1. The first-order valence-corrected chi connectivity index (χ1v) is 26.9. The number of likely N-dealkylation sites (N-methyl/N-ethyl adjacent to an activating group) is 1. The molecule has 0 radical (unpaired) electrons. The highest BCUT2D eigenvalue weighted by Crippen LogP contribution is 2.51. The molecule has 66 heavy (non-hydrogen) atoms. The summed E-state index contributed by atoms with van der Waals surface area (Å²) < 4.78 is 121. The molecule has 2 aliphatic heterocycles. The number of ether oxygens (including phenoxy) is 3. The number of hydrogen-bond acceptors (Lipinski definition) is 11. The van der Waals surface area contributed by atoms with Crippen LogP contribution in [0.3, 0.4) is 0 Å². The van der Waals surface area contributed by atoms with Crippen LogP contribution in [-0.4, -0.2) is 119 Å². The number of fused-ring (bicyclic) bond motifs is 2. The zero-order valence-electron chi connectivity index (χ0n) is 37.9. The topological polar surface area (TPSA) is 234 Å². The van der Waals surface area contributed by atoms with Gasteiger partial charge in [-0.1, -0.05) is 23.8 Å². The van der Waals surface area contributed by atoms with Crippen LogP contribution in [-0.2, 0) is 60.2 Å². The van der Waals surface area contributed by atoms with Gasteiger partial charge in [-0.3, -0.25) is 18.5 Å². The van der Waals surface area contributed by atoms with Gasteiger partial charge in [-0.15, -0.1) is 0 Å². The lowest BCUT2D eigenvalue weighted by Crippen LogP contribution is -2.33. The molecule has 0 bridgehead atoms. The second-order valence-corrected chi connectivity index (χ2v) is 21.9. The summed E-state index contributed by atoms with van der Waals surface area (Å²) in [7, 11) is -11.8. The molecular formula is C46H62ClN2O14S3+. The van der Waals surface area contributed by atoms with E-state index in [2.05, 4.69) is 4.58 Å². The van der Waals surface area contributed by atoms with Crippen molar-refractivity contribution in [3.63, 3.8) is 0 Å². The Hall–Kier alpha value is -3.76. The molecule has 5 rings (SSSR count). The summed E-state index contributed by atoms with van der Waals surface area (Å²) in [6.07, 6.45) is 12.4. The van der Waals surface area contributed by atoms with Gasteiger partial charge in [0, 0.05) is 72.6 Å². The first-order chi connectivity index (χ1) is 31.0. The summed E-state index contributed by atoms with van der Waals surface area (Å²) in [6, 6.07) is 8.90. The van der Waals surface area contributed by atoms with Crippen LogP contribution in [0.25, 0.3) is 0 Å². The van der Waals surface area contributed by atoms with Gasteiger partial charge in [-0.05, 0) is 125 Å². The molecule has 0 aromatic heterocycles. The van der Waals surface area contributed by atoms with Crippen molar-refractivity contribution < 1.29 is 67.6 Å². The van der Waals surface area contributed by atoms with Crippen LogP contribution in [0.1, 0.15) is 96.1 Å². The molecule has 2 unspecified atom stereocenters. The Morgan fingerprint density at radius 1 is 0.803 bits per heavy atom. The van der Waals surface area contributed by atoms with Crippen molar-refractivity contribution in [2.24, 2.45) is 0 Å². The van der Waals surface area contributed by atoms with E-state index in [1.807, 2.05) is 50.0 Å². The first-order valence-electron chi connectivity index (χ1n) is 22.0. The van der Waals surface area contributed by atoms with Gasteiger partial charge >= 0.3 is 5.97 Å². The van der Waals surface area contributed by atoms with Crippen molar-refractivity contribution in [2.75, 3.05) is 63.9 Å². The van der Waals surface area contributed by atoms with Crippen LogP contribution in [0.4, 0.5) is 11.4 Å². The Morgan fingerprint density at radius 2 is 1.45 bits per heavy atom. The van der Waals surface area contributed by atoms with Crippen molar-refractivity contribution in [1.29, 1.82) is 0 Å². The maximum atomic E-state index is 12.4. The van der Waals surface area contributed by atoms with Crippen LogP contribution in [0.5, 0.6) is 0 Å². The van der Waals surface area contributed by atoms with Crippen molar-refractivity contribution in [3.8, 4) is 0 Å². The van der Waals surface area contributed by atoms with Crippen LogP contribution in [0.2, 0.25) is 0 Å². The maximum absolute atomic E-state index is 12.4. The summed E-state index contributed by atoms with van der Waals surface area (Å²) in [5, 5.41) is 9.76. The smallest absolute Gasteiger partial charge is 0.303 e. The summed E-state index contributed by atoms with van der Waals surface area (Å²) >= 11 is 7.25. The van der Waals surface area contributed by atoms with Crippen LogP contribution in [0, 0.1) is 0 Å². The van der Waals surface area contributed by atoms with Crippen LogP contribution >= 0.6 is 11.6 Å². The third-order valence-electron chi connectivity index (χ3n) is 12.6. The largest absolute Gasteiger partial charge is 0.481 e. The highest BCUT2D eigenvalue weighted by molar-refractivity contribution is 7.86. The van der Waals surface area contributed by atoms with E-state index in [0.29, 0.717) is 106 Å². The first kappa shape index (κ1) is 53.2. The molecule has 2 aromatic carbocycles. The fraction of sp³-hybridized carbons (Fsp3) is 0.522. The fourth-order valence-corrected chi connectivity index (χ4v) is 11.0. The highest BCUT2D eigenvalue weighted by Gasteiger charge is 2.48. The molecule has 1 aliphatic carbocycles. The van der Waals surface area contributed by atoms with E-state index in [1.165, 1.54) is 24.3 Å². The predicted molar refractivity (Wildman–Crippen MR) is 252 cm³/mol. The number of allylic oxidation sites excluding steroid dienone is 8. The minimum atomic E-state index is -4.56. The summed E-state index contributed by atoms with van der Waals surface area (Å²) in [6.45, 7) is 8.63. The van der Waals surface area contributed by atoms with E-state index in [-0.39, 0.29) is 29.1 Å². The molecule has 2 heterocycles. The van der Waals surface area contributed by atoms with Gasteiger partial charge < -0.3 is 24.2 Å². The van der Waals surface area contributed by atoms with Crippen LogP contribution < -0.4 is 4.90 Å². The molecule has 0 amide bonds. The number of benzene rings is 2. The maximum Gasteiger partial charge on any atom is 0.303 e. The molecule has 4 N–H and O–H groups in total. The Kier molecular flexibility index (Phi) is 18.2. The number of carbonyl (C=O) groups is 1. The van der Waals surface area contributed by atoms with Gasteiger partial charge in [0.1, 0.15) is 6.54 Å². The van der Waals surface area contributed by atoms with E-state index in [9.17, 15) is 48.8 Å². The number of aliphatic carboxylic acids is 1. The van der Waals surface area contributed by atoms with Crippen molar-refractivity contribution in [3.05, 3.63) is 93.7 Å². The normalized spacial score (nSPS) is 21.5. The molecule has 16 nitrogen and oxygen atoms in total. The van der Waals surface area contributed by atoms with Crippen molar-refractivity contribution in [1.82, 2.24) is 0 Å². The molecule has 2 atom stereocenters. The number of methoxy groups -OCH3 is 1. The third-order valence-corrected chi connectivity index (χ3v) is 15.6. The lowest BCUT2D eigenvalue weighted by atomic mass is 9.76. The second kappa shape index (κ2) is 22.6. The van der Waals surface area contributed by atoms with E-state index in [4.69, 9.17) is 25.8 Å². The van der Waals surface area contributed by atoms with Crippen molar-refractivity contribution in [2.45, 2.75) is 106 Å². The number of carboxylic acid groups (broad SMARTS) is 1. The van der Waals surface area contributed by atoms with Gasteiger partial charge in [0.2, 0.25) is 5.69 Å². The number of rotatable bonds is 25. The van der Waals surface area contributed by atoms with Gasteiger partial charge in [-0.25, -0.2) is 0 Å². The fourth-order valence-electron chi connectivity index (χ4n) is 9.13. The predicted octanol–water partition coefficient (Wildman–Crippen LogP) is 7.76. The zero-order chi connectivity index (χ0) is 48.5. The molecule has 2 aromatic rings. The number of carboxylic acids is 1. The highest BCUT2D eigenvalue weighted by atomic mass is 35.5. The number of nitrogens with zero attached hydrogens (tertiary/aromatic N) is 2. The average Bonchev–Trinajstić information content (AvgIpc) is 3.61. The minimum Gasteiger partial charge on any atom is -0.481 e. The molecule has 0 fully saturated rings. The SMILES string of the molecule is CCN1C(=CC=C2CCCC(C=CC3=[N+](CCCCCC(=O)O)c4ccc(S(=O)(=O)O)cc4C3(C)CCOCCOCCOC)=C2Cl)C(C)(CCCS(=O)(=O)O)c2cc(S(=O)(=O)O)ccc21. The Bertz CT molecular complexity index is 2620. The van der Waals surface area contributed by atoms with E-state index in [0.717, 1.165) is 34.7 Å². The van der Waals surface area contributed by atoms with E-state index < -0.39 is 52.9 Å². The zero-order valence-corrected chi connectivity index (χ0v) is 41.1. The van der Waals surface area contributed by atoms with E-state index in [1.54, 1.807) is 19.2 Å². The molecule has 3 aliphatic rings. The van der Waals surface area contributed by atoms with Crippen LogP contribution in [0.15, 0.2) is 92.4 Å².